The van der Waals surface area contributed by atoms with Crippen LogP contribution in [0.5, 0.6) is 11.5 Å². The maximum atomic E-state index is 10.6. The summed E-state index contributed by atoms with van der Waals surface area (Å²) in [6.07, 6.45) is -0.0610. The van der Waals surface area contributed by atoms with Crippen molar-refractivity contribution < 1.29 is 19.4 Å². The lowest BCUT2D eigenvalue weighted by molar-refractivity contribution is -0.136. The van der Waals surface area contributed by atoms with Crippen molar-refractivity contribution >= 4 is 22.4 Å². The summed E-state index contributed by atoms with van der Waals surface area (Å²) in [6.45, 7) is 0.570. The van der Waals surface area contributed by atoms with Gasteiger partial charge in [0.1, 0.15) is 0 Å². The molecule has 0 aliphatic carbocycles. The van der Waals surface area contributed by atoms with Crippen molar-refractivity contribution in [2.75, 3.05) is 19.5 Å². The first-order valence-corrected chi connectivity index (χ1v) is 7.11. The fourth-order valence-electron chi connectivity index (χ4n) is 1.79. The molecule has 21 heavy (non-hydrogen) atoms. The normalized spacial score (nSPS) is 10.2. The average Bonchev–Trinajstić information content (AvgIpc) is 2.91. The van der Waals surface area contributed by atoms with Crippen LogP contribution in [0.3, 0.4) is 0 Å². The molecular formula is C14H16N2O4S. The van der Waals surface area contributed by atoms with E-state index in [0.29, 0.717) is 28.9 Å². The molecule has 2 rings (SSSR count). The molecule has 0 radical (unpaired) electrons. The van der Waals surface area contributed by atoms with E-state index in [0.717, 1.165) is 5.56 Å². The highest BCUT2D eigenvalue weighted by molar-refractivity contribution is 7.13. The Balaban J connectivity index is 1.99. The van der Waals surface area contributed by atoms with Gasteiger partial charge in [-0.1, -0.05) is 6.07 Å². The first-order valence-electron chi connectivity index (χ1n) is 6.23. The van der Waals surface area contributed by atoms with E-state index >= 15 is 0 Å². The quantitative estimate of drug-likeness (QED) is 0.817. The Hall–Kier alpha value is -2.28. The molecule has 0 atom stereocenters. The molecule has 112 valence electrons. The van der Waals surface area contributed by atoms with Gasteiger partial charge < -0.3 is 19.9 Å². The second kappa shape index (κ2) is 6.94. The fraction of sp³-hybridized carbons (Fsp3) is 0.286. The average molecular weight is 308 g/mol. The van der Waals surface area contributed by atoms with Gasteiger partial charge in [0, 0.05) is 11.9 Å². The summed E-state index contributed by atoms with van der Waals surface area (Å²) < 4.78 is 10.4. The number of thiazole rings is 1. The number of rotatable bonds is 7. The number of nitrogens with zero attached hydrogens (tertiary/aromatic N) is 1. The highest BCUT2D eigenvalue weighted by atomic mass is 32.1. The van der Waals surface area contributed by atoms with Gasteiger partial charge in [-0.2, -0.15) is 0 Å². The summed E-state index contributed by atoms with van der Waals surface area (Å²) in [5, 5.41) is 14.3. The number of anilines is 1. The van der Waals surface area contributed by atoms with Crippen molar-refractivity contribution in [3.63, 3.8) is 0 Å². The lowest BCUT2D eigenvalue weighted by atomic mass is 10.2. The number of carbonyl (C=O) groups is 1. The molecule has 0 fully saturated rings. The zero-order valence-electron chi connectivity index (χ0n) is 11.8. The van der Waals surface area contributed by atoms with E-state index in [2.05, 4.69) is 10.3 Å². The number of ether oxygens (including phenoxy) is 2. The number of benzene rings is 1. The molecule has 1 heterocycles. The summed E-state index contributed by atoms with van der Waals surface area (Å²) in [6, 6.07) is 5.66. The standard InChI is InChI=1S/C14H16N2O4S/c1-19-11-4-3-9(5-12(11)20-2)7-15-14-16-10(8-21-14)6-13(17)18/h3-5,8H,6-7H2,1-2H3,(H,15,16)(H,17,18). The highest BCUT2D eigenvalue weighted by Gasteiger charge is 2.07. The predicted octanol–water partition coefficient (Wildman–Crippen LogP) is 2.40. The van der Waals surface area contributed by atoms with Crippen LogP contribution in [-0.2, 0) is 17.8 Å². The molecule has 2 aromatic rings. The van der Waals surface area contributed by atoms with Crippen molar-refractivity contribution in [3.05, 3.63) is 34.8 Å². The van der Waals surface area contributed by atoms with Crippen LogP contribution in [0.25, 0.3) is 0 Å². The highest BCUT2D eigenvalue weighted by Crippen LogP contribution is 2.28. The molecule has 2 N–H and O–H groups in total. The van der Waals surface area contributed by atoms with E-state index in [9.17, 15) is 4.79 Å². The van der Waals surface area contributed by atoms with Gasteiger partial charge in [0.25, 0.3) is 0 Å². The number of aliphatic carboxylic acids is 1. The van der Waals surface area contributed by atoms with E-state index in [1.165, 1.54) is 11.3 Å². The Morgan fingerprint density at radius 2 is 2.10 bits per heavy atom. The van der Waals surface area contributed by atoms with Crippen molar-refractivity contribution in [1.82, 2.24) is 4.98 Å². The third kappa shape index (κ3) is 4.09. The van der Waals surface area contributed by atoms with Crippen LogP contribution in [0, 0.1) is 0 Å². The first kappa shape index (κ1) is 15.1. The summed E-state index contributed by atoms with van der Waals surface area (Å²) in [7, 11) is 3.18. The summed E-state index contributed by atoms with van der Waals surface area (Å²) in [5.74, 6) is 0.466. The number of hydrogen-bond acceptors (Lipinski definition) is 6. The van der Waals surface area contributed by atoms with Gasteiger partial charge in [-0.05, 0) is 17.7 Å². The van der Waals surface area contributed by atoms with Gasteiger partial charge in [0.15, 0.2) is 16.6 Å². The van der Waals surface area contributed by atoms with Crippen molar-refractivity contribution in [1.29, 1.82) is 0 Å². The summed E-state index contributed by atoms with van der Waals surface area (Å²) in [5.41, 5.74) is 1.57. The van der Waals surface area contributed by atoms with Crippen LogP contribution in [-0.4, -0.2) is 30.3 Å². The van der Waals surface area contributed by atoms with Crippen LogP contribution in [0.15, 0.2) is 23.6 Å². The molecule has 0 aliphatic heterocycles. The Kier molecular flexibility index (Phi) is 4.99. The first-order chi connectivity index (χ1) is 10.1. The van der Waals surface area contributed by atoms with Gasteiger partial charge in [0.05, 0.1) is 26.3 Å². The van der Waals surface area contributed by atoms with Crippen molar-refractivity contribution in [2.45, 2.75) is 13.0 Å². The zero-order valence-corrected chi connectivity index (χ0v) is 12.6. The molecule has 1 aromatic heterocycles. The molecule has 0 saturated carbocycles. The van der Waals surface area contributed by atoms with Crippen LogP contribution in [0.1, 0.15) is 11.3 Å². The lowest BCUT2D eigenvalue weighted by Crippen LogP contribution is -2.02. The maximum Gasteiger partial charge on any atom is 0.309 e. The second-order valence-electron chi connectivity index (χ2n) is 4.26. The molecule has 7 heteroatoms. The number of methoxy groups -OCH3 is 2. The minimum Gasteiger partial charge on any atom is -0.493 e. The van der Waals surface area contributed by atoms with Crippen LogP contribution >= 0.6 is 11.3 Å². The van der Waals surface area contributed by atoms with Gasteiger partial charge >= 0.3 is 5.97 Å². The number of carboxylic acids is 1. The molecule has 1 aromatic carbocycles. The Morgan fingerprint density at radius 1 is 1.33 bits per heavy atom. The van der Waals surface area contributed by atoms with Crippen molar-refractivity contribution in [3.8, 4) is 11.5 Å². The van der Waals surface area contributed by atoms with Crippen LogP contribution < -0.4 is 14.8 Å². The Morgan fingerprint density at radius 3 is 2.76 bits per heavy atom. The third-order valence-corrected chi connectivity index (χ3v) is 3.62. The van der Waals surface area contributed by atoms with E-state index < -0.39 is 5.97 Å². The maximum absolute atomic E-state index is 10.6. The second-order valence-corrected chi connectivity index (χ2v) is 5.12. The van der Waals surface area contributed by atoms with Gasteiger partial charge in [-0.15, -0.1) is 11.3 Å². The molecule has 0 unspecified atom stereocenters. The van der Waals surface area contributed by atoms with Gasteiger partial charge in [-0.3, -0.25) is 4.79 Å². The number of hydrogen-bond donors (Lipinski definition) is 2. The minimum absolute atomic E-state index is 0.0610. The zero-order chi connectivity index (χ0) is 15.2. The van der Waals surface area contributed by atoms with E-state index in [-0.39, 0.29) is 6.42 Å². The number of aromatic nitrogens is 1. The largest absolute Gasteiger partial charge is 0.493 e. The monoisotopic (exact) mass is 308 g/mol. The SMILES string of the molecule is COc1ccc(CNc2nc(CC(=O)O)cs2)cc1OC. The summed E-state index contributed by atoms with van der Waals surface area (Å²) in [4.78, 5) is 14.8. The Labute approximate surface area is 126 Å². The molecule has 6 nitrogen and oxygen atoms in total. The van der Waals surface area contributed by atoms with E-state index in [1.807, 2.05) is 18.2 Å². The fourth-order valence-corrected chi connectivity index (χ4v) is 2.50. The molecular weight excluding hydrogens is 292 g/mol. The van der Waals surface area contributed by atoms with E-state index in [1.54, 1.807) is 19.6 Å². The summed E-state index contributed by atoms with van der Waals surface area (Å²) >= 11 is 1.39. The molecule has 0 bridgehead atoms. The number of nitrogens with one attached hydrogen (secondary N) is 1. The smallest absolute Gasteiger partial charge is 0.309 e. The molecule has 0 amide bonds. The topological polar surface area (TPSA) is 80.7 Å². The minimum atomic E-state index is -0.883. The lowest BCUT2D eigenvalue weighted by Gasteiger charge is -2.09. The van der Waals surface area contributed by atoms with E-state index in [4.69, 9.17) is 14.6 Å². The third-order valence-electron chi connectivity index (χ3n) is 2.78. The van der Waals surface area contributed by atoms with Gasteiger partial charge in [0.2, 0.25) is 0 Å². The van der Waals surface area contributed by atoms with Crippen LogP contribution in [0.2, 0.25) is 0 Å². The van der Waals surface area contributed by atoms with Crippen molar-refractivity contribution in [2.24, 2.45) is 0 Å². The molecule has 0 saturated heterocycles. The molecule has 0 spiro atoms. The van der Waals surface area contributed by atoms with Crippen LogP contribution in [0.4, 0.5) is 5.13 Å². The predicted molar refractivity (Wildman–Crippen MR) is 80.3 cm³/mol. The Bertz CT molecular complexity index is 627. The van der Waals surface area contributed by atoms with Gasteiger partial charge in [-0.25, -0.2) is 4.98 Å². The number of carboxylic acid groups (broad SMARTS) is 1. The molecule has 0 aliphatic rings.